The van der Waals surface area contributed by atoms with E-state index in [0.717, 1.165) is 12.8 Å². The number of benzene rings is 1. The summed E-state index contributed by atoms with van der Waals surface area (Å²) in [5.41, 5.74) is 10.3. The maximum Gasteiger partial charge on any atom is 0.292 e. The van der Waals surface area contributed by atoms with Crippen molar-refractivity contribution in [3.8, 4) is 28.1 Å². The highest BCUT2D eigenvalue weighted by Gasteiger charge is 2.45. The molecule has 4 aromatic heterocycles. The number of fused-ring (bicyclic) bond motifs is 3. The Labute approximate surface area is 245 Å². The number of ether oxygens (including phenoxy) is 1. The number of methoxy groups -OCH3 is 1. The number of hydrogen-bond donors (Lipinski definition) is 2. The number of pyridine rings is 1. The Morgan fingerprint density at radius 3 is 2.51 bits per heavy atom. The van der Waals surface area contributed by atoms with Gasteiger partial charge >= 0.3 is 0 Å². The third-order valence-electron chi connectivity index (χ3n) is 8.56. The lowest BCUT2D eigenvalue weighted by Gasteiger charge is -2.38. The van der Waals surface area contributed by atoms with Crippen molar-refractivity contribution in [3.63, 3.8) is 0 Å². The van der Waals surface area contributed by atoms with E-state index in [4.69, 9.17) is 15.5 Å². The van der Waals surface area contributed by atoms with E-state index in [9.17, 15) is 14.0 Å². The molecule has 3 N–H and O–H groups in total. The molecule has 2 fully saturated rings. The SMILES string of the molecule is COc1ccc(-c2ccc(-c3cnn4c(N)c(C(C)=O)c([C@@H]5C[C@H]6CC[C@@H](C5)N6C(=O)c5nnc[nH]5)nc34)cn2)c(F)c1. The average molecular weight is 582 g/mol. The molecule has 12 nitrogen and oxygen atoms in total. The number of nitrogens with two attached hydrogens (primary N) is 1. The summed E-state index contributed by atoms with van der Waals surface area (Å²) in [5.74, 6) is -0.00912. The first-order valence-corrected chi connectivity index (χ1v) is 14.0. The van der Waals surface area contributed by atoms with Gasteiger partial charge in [-0.1, -0.05) is 6.07 Å². The van der Waals surface area contributed by atoms with Gasteiger partial charge < -0.3 is 20.4 Å². The van der Waals surface area contributed by atoms with E-state index < -0.39 is 5.82 Å². The number of ketones is 1. The number of carbonyl (C=O) groups excluding carboxylic acids is 2. The number of amides is 1. The molecule has 2 aliphatic heterocycles. The van der Waals surface area contributed by atoms with Crippen LogP contribution >= 0.6 is 0 Å². The maximum absolute atomic E-state index is 14.7. The molecule has 13 heteroatoms. The Morgan fingerprint density at radius 2 is 1.88 bits per heavy atom. The summed E-state index contributed by atoms with van der Waals surface area (Å²) >= 11 is 0. The molecule has 0 spiro atoms. The molecule has 7 rings (SSSR count). The molecule has 0 unspecified atom stereocenters. The highest BCUT2D eigenvalue weighted by atomic mass is 19.1. The van der Waals surface area contributed by atoms with Crippen LogP contribution in [0.3, 0.4) is 0 Å². The standard InChI is InChI=1S/C30H28FN9O3/c1-15(41)25-26(17-9-18-4-5-19(10-17)39(18)30(42)28-34-14-35-38-28)37-29-22(13-36-40(29)27(25)32)16-3-8-24(33-12-16)21-7-6-20(43-2)11-23(21)31/h3,6-8,11-14,17-19H,4-5,9-10,32H2,1-2H3,(H,34,35,38)/t17-,18-,19+. The number of halogens is 1. The van der Waals surface area contributed by atoms with Crippen molar-refractivity contribution in [2.24, 2.45) is 0 Å². The van der Waals surface area contributed by atoms with Crippen molar-refractivity contribution in [2.45, 2.75) is 50.6 Å². The number of hydrogen-bond acceptors (Lipinski definition) is 9. The second kappa shape index (κ2) is 10.3. The summed E-state index contributed by atoms with van der Waals surface area (Å²) in [6.45, 7) is 1.48. The first-order chi connectivity index (χ1) is 20.8. The molecule has 0 aliphatic carbocycles. The molecule has 6 heterocycles. The minimum absolute atomic E-state index is 0.0140. The van der Waals surface area contributed by atoms with Crippen molar-refractivity contribution in [2.75, 3.05) is 12.8 Å². The minimum atomic E-state index is -0.436. The van der Waals surface area contributed by atoms with E-state index in [1.165, 1.54) is 30.9 Å². The first-order valence-electron chi connectivity index (χ1n) is 14.0. The second-order valence-electron chi connectivity index (χ2n) is 11.0. The number of nitrogens with one attached hydrogen (secondary N) is 1. The zero-order chi connectivity index (χ0) is 29.8. The number of Topliss-reactive ketones (excluding diaryl/α,β-unsaturated/α-hetero) is 1. The van der Waals surface area contributed by atoms with Crippen LogP contribution in [0.4, 0.5) is 10.2 Å². The van der Waals surface area contributed by atoms with Crippen LogP contribution in [-0.4, -0.2) is 70.5 Å². The number of piperidine rings is 1. The van der Waals surface area contributed by atoms with Gasteiger partial charge in [-0.05, 0) is 50.8 Å². The van der Waals surface area contributed by atoms with Gasteiger partial charge in [0.2, 0.25) is 5.82 Å². The van der Waals surface area contributed by atoms with Gasteiger partial charge in [0.1, 0.15) is 23.7 Å². The van der Waals surface area contributed by atoms with Gasteiger partial charge in [0, 0.05) is 47.0 Å². The van der Waals surface area contributed by atoms with Crippen LogP contribution < -0.4 is 10.5 Å². The van der Waals surface area contributed by atoms with E-state index in [1.54, 1.807) is 30.6 Å². The Balaban J connectivity index is 1.24. The van der Waals surface area contributed by atoms with Crippen LogP contribution in [0.5, 0.6) is 5.75 Å². The smallest absolute Gasteiger partial charge is 0.292 e. The van der Waals surface area contributed by atoms with Crippen molar-refractivity contribution in [3.05, 3.63) is 72.0 Å². The lowest BCUT2D eigenvalue weighted by molar-refractivity contribution is 0.0556. The van der Waals surface area contributed by atoms with Gasteiger partial charge in [0.15, 0.2) is 11.4 Å². The number of nitrogens with zero attached hydrogens (tertiary/aromatic N) is 7. The summed E-state index contributed by atoms with van der Waals surface area (Å²) in [7, 11) is 1.48. The summed E-state index contributed by atoms with van der Waals surface area (Å²) in [4.78, 5) is 40.3. The first kappa shape index (κ1) is 26.7. The molecule has 0 saturated carbocycles. The third kappa shape index (κ3) is 4.39. The molecule has 218 valence electrons. The summed E-state index contributed by atoms with van der Waals surface area (Å²) in [6, 6.07) is 8.16. The molecule has 2 saturated heterocycles. The van der Waals surface area contributed by atoms with Crippen molar-refractivity contribution in [1.82, 2.24) is 39.7 Å². The molecule has 1 amide bonds. The number of aromatic nitrogens is 7. The van der Waals surface area contributed by atoms with Gasteiger partial charge in [0.05, 0.1) is 30.3 Å². The van der Waals surface area contributed by atoms with Gasteiger partial charge in [-0.3, -0.25) is 14.6 Å². The lowest BCUT2D eigenvalue weighted by Crippen LogP contribution is -2.46. The molecule has 5 aromatic rings. The molecular formula is C30H28FN9O3. The third-order valence-corrected chi connectivity index (χ3v) is 8.56. The summed E-state index contributed by atoms with van der Waals surface area (Å²) in [5, 5.41) is 12.1. The fourth-order valence-electron chi connectivity index (χ4n) is 6.60. The largest absolute Gasteiger partial charge is 0.497 e. The second-order valence-corrected chi connectivity index (χ2v) is 11.0. The van der Waals surface area contributed by atoms with E-state index in [2.05, 4.69) is 25.3 Å². The van der Waals surface area contributed by atoms with Crippen molar-refractivity contribution >= 4 is 23.2 Å². The number of anilines is 1. The Hall–Kier alpha value is -5.20. The fourth-order valence-corrected chi connectivity index (χ4v) is 6.60. The Morgan fingerprint density at radius 1 is 1.09 bits per heavy atom. The van der Waals surface area contributed by atoms with Crippen LogP contribution in [-0.2, 0) is 0 Å². The van der Waals surface area contributed by atoms with E-state index in [0.29, 0.717) is 57.9 Å². The Bertz CT molecular complexity index is 1860. The maximum atomic E-state index is 14.7. The summed E-state index contributed by atoms with van der Waals surface area (Å²) < 4.78 is 21.2. The zero-order valence-electron chi connectivity index (χ0n) is 23.5. The van der Waals surface area contributed by atoms with Gasteiger partial charge in [-0.15, -0.1) is 10.2 Å². The van der Waals surface area contributed by atoms with Crippen LogP contribution in [0.2, 0.25) is 0 Å². The molecule has 3 atom stereocenters. The molecule has 2 bridgehead atoms. The van der Waals surface area contributed by atoms with E-state index in [1.807, 2.05) is 11.0 Å². The van der Waals surface area contributed by atoms with Gasteiger partial charge in [-0.2, -0.15) is 9.61 Å². The molecule has 1 aromatic carbocycles. The fraction of sp³-hybridized carbons (Fsp3) is 0.300. The van der Waals surface area contributed by atoms with Crippen molar-refractivity contribution in [1.29, 1.82) is 0 Å². The number of H-pyrrole nitrogens is 1. The topological polar surface area (TPSA) is 157 Å². The predicted molar refractivity (Wildman–Crippen MR) is 154 cm³/mol. The Kier molecular flexibility index (Phi) is 6.37. The number of rotatable bonds is 6. The number of carbonyl (C=O) groups is 2. The normalized spacial score (nSPS) is 19.6. The monoisotopic (exact) mass is 581 g/mol. The zero-order valence-corrected chi connectivity index (χ0v) is 23.5. The highest BCUT2D eigenvalue weighted by molar-refractivity contribution is 6.00. The van der Waals surface area contributed by atoms with E-state index in [-0.39, 0.29) is 41.3 Å². The highest BCUT2D eigenvalue weighted by Crippen LogP contribution is 2.45. The quantitative estimate of drug-likeness (QED) is 0.282. The van der Waals surface area contributed by atoms with Gasteiger partial charge in [0.25, 0.3) is 5.91 Å². The number of aromatic amines is 1. The number of nitrogen functional groups attached to an aromatic ring is 1. The van der Waals surface area contributed by atoms with Crippen LogP contribution in [0.15, 0.2) is 49.1 Å². The minimum Gasteiger partial charge on any atom is -0.497 e. The molecular weight excluding hydrogens is 553 g/mol. The van der Waals surface area contributed by atoms with Crippen LogP contribution in [0.1, 0.15) is 65.2 Å². The average Bonchev–Trinajstić information content (AvgIpc) is 3.75. The van der Waals surface area contributed by atoms with Crippen LogP contribution in [0, 0.1) is 5.82 Å². The van der Waals surface area contributed by atoms with Gasteiger partial charge in [-0.25, -0.2) is 9.37 Å². The molecule has 43 heavy (non-hydrogen) atoms. The van der Waals surface area contributed by atoms with E-state index >= 15 is 0 Å². The predicted octanol–water partition coefficient (Wildman–Crippen LogP) is 4.06. The van der Waals surface area contributed by atoms with Crippen LogP contribution in [0.25, 0.3) is 28.0 Å². The lowest BCUT2D eigenvalue weighted by atomic mass is 9.85. The molecule has 2 aliphatic rings. The van der Waals surface area contributed by atoms with Crippen molar-refractivity contribution < 1.29 is 18.7 Å². The molecule has 0 radical (unpaired) electrons. The summed E-state index contributed by atoms with van der Waals surface area (Å²) in [6.07, 6.45) is 7.68.